The Hall–Kier alpha value is -1.39. The standard InChI is InChI=1S/C17H27N3O/c1-14-4-5-15(2)16(12-14)13-17(21)20-8-3-7-19(9-6-18)10-11-20/h4-5,12H,3,6-11,13,18H2,1-2H3. The van der Waals surface area contributed by atoms with Gasteiger partial charge in [0.25, 0.3) is 0 Å². The molecule has 1 aliphatic heterocycles. The van der Waals surface area contributed by atoms with Crippen molar-refractivity contribution < 1.29 is 4.79 Å². The Morgan fingerprint density at radius 3 is 2.76 bits per heavy atom. The van der Waals surface area contributed by atoms with E-state index in [4.69, 9.17) is 5.73 Å². The van der Waals surface area contributed by atoms with Gasteiger partial charge in [-0.25, -0.2) is 0 Å². The molecule has 21 heavy (non-hydrogen) atoms. The van der Waals surface area contributed by atoms with Crippen LogP contribution in [0.5, 0.6) is 0 Å². The van der Waals surface area contributed by atoms with Crippen molar-refractivity contribution in [2.45, 2.75) is 26.7 Å². The van der Waals surface area contributed by atoms with Crippen molar-refractivity contribution in [1.29, 1.82) is 0 Å². The minimum absolute atomic E-state index is 0.248. The van der Waals surface area contributed by atoms with Gasteiger partial charge in [-0.3, -0.25) is 4.79 Å². The number of hydrogen-bond acceptors (Lipinski definition) is 3. The number of hydrogen-bond donors (Lipinski definition) is 1. The maximum absolute atomic E-state index is 12.5. The van der Waals surface area contributed by atoms with Gasteiger partial charge in [-0.15, -0.1) is 0 Å². The van der Waals surface area contributed by atoms with Gasteiger partial charge in [0, 0.05) is 32.7 Å². The van der Waals surface area contributed by atoms with Crippen LogP contribution in [0.3, 0.4) is 0 Å². The Morgan fingerprint density at radius 1 is 1.19 bits per heavy atom. The molecule has 0 bridgehead atoms. The van der Waals surface area contributed by atoms with Crippen molar-refractivity contribution in [2.75, 3.05) is 39.3 Å². The van der Waals surface area contributed by atoms with Crippen LogP contribution in [-0.2, 0) is 11.2 Å². The maximum Gasteiger partial charge on any atom is 0.227 e. The predicted octanol–water partition coefficient (Wildman–Crippen LogP) is 1.34. The summed E-state index contributed by atoms with van der Waals surface area (Å²) in [5, 5.41) is 0. The molecule has 1 amide bonds. The first-order chi connectivity index (χ1) is 10.1. The fourth-order valence-corrected chi connectivity index (χ4v) is 2.89. The highest BCUT2D eigenvalue weighted by Gasteiger charge is 2.19. The van der Waals surface area contributed by atoms with Crippen molar-refractivity contribution >= 4 is 5.91 Å². The van der Waals surface area contributed by atoms with Gasteiger partial charge >= 0.3 is 0 Å². The first-order valence-electron chi connectivity index (χ1n) is 7.86. The topological polar surface area (TPSA) is 49.6 Å². The van der Waals surface area contributed by atoms with E-state index in [0.717, 1.165) is 44.7 Å². The lowest BCUT2D eigenvalue weighted by molar-refractivity contribution is -0.130. The van der Waals surface area contributed by atoms with Crippen LogP contribution in [0.25, 0.3) is 0 Å². The molecule has 0 aromatic heterocycles. The van der Waals surface area contributed by atoms with Crippen LogP contribution in [0.15, 0.2) is 18.2 Å². The smallest absolute Gasteiger partial charge is 0.227 e. The highest BCUT2D eigenvalue weighted by molar-refractivity contribution is 5.79. The third-order valence-corrected chi connectivity index (χ3v) is 4.23. The van der Waals surface area contributed by atoms with Gasteiger partial charge in [0.05, 0.1) is 6.42 Å². The summed E-state index contributed by atoms with van der Waals surface area (Å²) >= 11 is 0. The molecule has 0 spiro atoms. The lowest BCUT2D eigenvalue weighted by Crippen LogP contribution is -2.37. The lowest BCUT2D eigenvalue weighted by Gasteiger charge is -2.22. The first kappa shape index (κ1) is 16.0. The largest absolute Gasteiger partial charge is 0.341 e. The fourth-order valence-electron chi connectivity index (χ4n) is 2.89. The molecule has 0 radical (unpaired) electrons. The van der Waals surface area contributed by atoms with Crippen LogP contribution in [0.2, 0.25) is 0 Å². The molecule has 0 unspecified atom stereocenters. The highest BCUT2D eigenvalue weighted by Crippen LogP contribution is 2.13. The summed E-state index contributed by atoms with van der Waals surface area (Å²) in [6.45, 7) is 9.45. The Morgan fingerprint density at radius 2 is 2.00 bits per heavy atom. The van der Waals surface area contributed by atoms with Gasteiger partial charge in [-0.2, -0.15) is 0 Å². The minimum Gasteiger partial charge on any atom is -0.341 e. The molecular formula is C17H27N3O. The molecule has 0 atom stereocenters. The van der Waals surface area contributed by atoms with Gasteiger partial charge in [0.2, 0.25) is 5.91 Å². The van der Waals surface area contributed by atoms with Gasteiger partial charge < -0.3 is 15.5 Å². The zero-order valence-electron chi connectivity index (χ0n) is 13.3. The number of nitrogens with zero attached hydrogens (tertiary/aromatic N) is 2. The second-order valence-electron chi connectivity index (χ2n) is 5.97. The second-order valence-corrected chi connectivity index (χ2v) is 5.97. The van der Waals surface area contributed by atoms with Crippen LogP contribution in [0.1, 0.15) is 23.1 Å². The quantitative estimate of drug-likeness (QED) is 0.910. The molecule has 1 fully saturated rings. The fraction of sp³-hybridized carbons (Fsp3) is 0.588. The number of nitrogens with two attached hydrogens (primary N) is 1. The zero-order valence-corrected chi connectivity index (χ0v) is 13.3. The molecule has 1 aromatic rings. The molecule has 0 aliphatic carbocycles. The number of rotatable bonds is 4. The van der Waals surface area contributed by atoms with Crippen LogP contribution >= 0.6 is 0 Å². The molecule has 4 heteroatoms. The molecule has 2 N–H and O–H groups in total. The highest BCUT2D eigenvalue weighted by atomic mass is 16.2. The Kier molecular flexibility index (Phi) is 5.76. The van der Waals surface area contributed by atoms with Crippen LogP contribution < -0.4 is 5.73 Å². The summed E-state index contributed by atoms with van der Waals surface area (Å²) in [5.41, 5.74) is 9.19. The van der Waals surface area contributed by atoms with Crippen molar-refractivity contribution in [3.8, 4) is 0 Å². The van der Waals surface area contributed by atoms with E-state index in [9.17, 15) is 4.79 Å². The predicted molar refractivity (Wildman–Crippen MR) is 86.3 cm³/mol. The summed E-state index contributed by atoms with van der Waals surface area (Å²) < 4.78 is 0. The Bertz CT molecular complexity index is 487. The monoisotopic (exact) mass is 289 g/mol. The number of amides is 1. The van der Waals surface area contributed by atoms with E-state index in [1.54, 1.807) is 0 Å². The average molecular weight is 289 g/mol. The normalized spacial score (nSPS) is 16.8. The van der Waals surface area contributed by atoms with Gasteiger partial charge in [-0.1, -0.05) is 23.8 Å². The van der Waals surface area contributed by atoms with E-state index in [2.05, 4.69) is 36.9 Å². The first-order valence-corrected chi connectivity index (χ1v) is 7.86. The van der Waals surface area contributed by atoms with E-state index < -0.39 is 0 Å². The molecule has 1 saturated heterocycles. The third-order valence-electron chi connectivity index (χ3n) is 4.23. The van der Waals surface area contributed by atoms with Crippen molar-refractivity contribution in [3.05, 3.63) is 34.9 Å². The molecule has 2 rings (SSSR count). The molecule has 1 heterocycles. The van der Waals surface area contributed by atoms with E-state index in [-0.39, 0.29) is 5.91 Å². The van der Waals surface area contributed by atoms with E-state index >= 15 is 0 Å². The molecule has 0 saturated carbocycles. The van der Waals surface area contributed by atoms with Crippen LogP contribution in [0.4, 0.5) is 0 Å². The average Bonchev–Trinajstić information content (AvgIpc) is 2.69. The number of benzene rings is 1. The van der Waals surface area contributed by atoms with E-state index in [1.807, 2.05) is 4.90 Å². The SMILES string of the molecule is Cc1ccc(C)c(CC(=O)N2CCCN(CCN)CC2)c1. The van der Waals surface area contributed by atoms with Crippen LogP contribution in [0, 0.1) is 13.8 Å². The summed E-state index contributed by atoms with van der Waals surface area (Å²) in [4.78, 5) is 16.9. The number of carbonyl (C=O) groups is 1. The second kappa shape index (κ2) is 7.57. The molecular weight excluding hydrogens is 262 g/mol. The molecule has 1 aromatic carbocycles. The van der Waals surface area contributed by atoms with Crippen molar-refractivity contribution in [2.24, 2.45) is 5.73 Å². The van der Waals surface area contributed by atoms with Crippen molar-refractivity contribution in [1.82, 2.24) is 9.80 Å². The number of aryl methyl sites for hydroxylation is 2. The van der Waals surface area contributed by atoms with E-state index in [1.165, 1.54) is 11.1 Å². The Balaban J connectivity index is 1.95. The summed E-state index contributed by atoms with van der Waals surface area (Å²) in [6.07, 6.45) is 1.56. The van der Waals surface area contributed by atoms with Crippen molar-refractivity contribution in [3.63, 3.8) is 0 Å². The zero-order chi connectivity index (χ0) is 15.2. The summed E-state index contributed by atoms with van der Waals surface area (Å²) in [6, 6.07) is 6.33. The summed E-state index contributed by atoms with van der Waals surface area (Å²) in [7, 11) is 0. The van der Waals surface area contributed by atoms with Gasteiger partial charge in [0.1, 0.15) is 0 Å². The van der Waals surface area contributed by atoms with Crippen LogP contribution in [-0.4, -0.2) is 55.0 Å². The van der Waals surface area contributed by atoms with Gasteiger partial charge in [0.15, 0.2) is 0 Å². The molecule has 4 nitrogen and oxygen atoms in total. The molecule has 116 valence electrons. The molecule has 1 aliphatic rings. The van der Waals surface area contributed by atoms with E-state index in [0.29, 0.717) is 13.0 Å². The minimum atomic E-state index is 0.248. The van der Waals surface area contributed by atoms with Gasteiger partial charge in [-0.05, 0) is 37.9 Å². The number of carbonyl (C=O) groups excluding carboxylic acids is 1. The summed E-state index contributed by atoms with van der Waals surface area (Å²) in [5.74, 6) is 0.248. The lowest BCUT2D eigenvalue weighted by atomic mass is 10.0. The third kappa shape index (κ3) is 4.55. The Labute approximate surface area is 127 Å². The maximum atomic E-state index is 12.5.